The lowest BCUT2D eigenvalue weighted by Gasteiger charge is -2.29. The van der Waals surface area contributed by atoms with Crippen LogP contribution in [0.5, 0.6) is 5.75 Å². The number of aliphatic imine (C=N–C) groups is 1. The van der Waals surface area contributed by atoms with E-state index in [9.17, 15) is 19.5 Å². The third-order valence-electron chi connectivity index (χ3n) is 13.1. The number of rotatable bonds is 23. The average Bonchev–Trinajstić information content (AvgIpc) is 4.21. The summed E-state index contributed by atoms with van der Waals surface area (Å²) < 4.78 is 31.1. The molecule has 0 aliphatic carbocycles. The largest absolute Gasteiger partial charge is 0.491 e. The Kier molecular flexibility index (Phi) is 18.1. The van der Waals surface area contributed by atoms with Crippen molar-refractivity contribution in [2.45, 2.75) is 98.4 Å². The SMILES string of the molecule is Cc1cc([C@H](C(=O)N2C[C@H](O)C[C@H]2C(=O)N[C@@H](C)c2ccc(-c3scnc3C)cc2OCCOCCOCCOCCNC(=O)C[C@@H]2N=C(c3ccc(Cl)cc3)c3c(sc(C)c3C)-n3c(C)nnc32)C(C)C)on1. The Bertz CT molecular complexity index is 2950. The highest BCUT2D eigenvalue weighted by atomic mass is 35.5. The number of benzene rings is 2. The topological polar surface area (TPSA) is 218 Å². The summed E-state index contributed by atoms with van der Waals surface area (Å²) in [6, 6.07) is 13.2. The lowest BCUT2D eigenvalue weighted by Crippen LogP contribution is -2.48. The molecule has 4 aromatic heterocycles. The first kappa shape index (κ1) is 54.4. The first-order valence-corrected chi connectivity index (χ1v) is 26.9. The molecular weight excluding hydrogens is 1010 g/mol. The molecule has 8 rings (SSSR count). The minimum absolute atomic E-state index is 0.0376. The Labute approximate surface area is 443 Å². The van der Waals surface area contributed by atoms with Crippen LogP contribution in [0.3, 0.4) is 0 Å². The Hall–Kier alpha value is -5.87. The van der Waals surface area contributed by atoms with Crippen LogP contribution in [0.15, 0.2) is 63.6 Å². The number of fused-ring (bicyclic) bond motifs is 3. The van der Waals surface area contributed by atoms with Crippen LogP contribution in [-0.2, 0) is 28.6 Å². The number of likely N-dealkylation sites (tertiary alicyclic amines) is 1. The van der Waals surface area contributed by atoms with E-state index in [1.807, 2.05) is 81.7 Å². The number of aliphatic hydroxyl groups is 1. The number of amides is 3. The van der Waals surface area contributed by atoms with Crippen LogP contribution in [0.25, 0.3) is 15.4 Å². The van der Waals surface area contributed by atoms with Gasteiger partial charge in [-0.05, 0) is 76.8 Å². The molecule has 2 aromatic carbocycles. The molecule has 0 radical (unpaired) electrons. The molecule has 5 atom stereocenters. The fraction of sp³-hybridized carbons (Fsp3) is 0.472. The summed E-state index contributed by atoms with van der Waals surface area (Å²) >= 11 is 9.44. The molecule has 6 aromatic rings. The molecule has 0 spiro atoms. The molecule has 0 unspecified atom stereocenters. The van der Waals surface area contributed by atoms with Gasteiger partial charge in [0, 0.05) is 52.2 Å². The highest BCUT2D eigenvalue weighted by molar-refractivity contribution is 7.15. The first-order valence-electron chi connectivity index (χ1n) is 24.8. The molecule has 2 aliphatic heterocycles. The number of thiophene rings is 1. The van der Waals surface area contributed by atoms with E-state index >= 15 is 0 Å². The fourth-order valence-electron chi connectivity index (χ4n) is 9.27. The molecule has 6 heterocycles. The summed E-state index contributed by atoms with van der Waals surface area (Å²) in [4.78, 5) is 54.5. The van der Waals surface area contributed by atoms with E-state index in [2.05, 4.69) is 44.8 Å². The van der Waals surface area contributed by atoms with Gasteiger partial charge in [0.05, 0.1) is 85.7 Å². The number of ether oxygens (including phenoxy) is 4. The van der Waals surface area contributed by atoms with Gasteiger partial charge in [0.15, 0.2) is 5.82 Å². The summed E-state index contributed by atoms with van der Waals surface area (Å²) in [6.07, 6.45) is -0.658. The Morgan fingerprint density at radius 2 is 1.61 bits per heavy atom. The van der Waals surface area contributed by atoms with Crippen LogP contribution in [0.2, 0.25) is 5.02 Å². The van der Waals surface area contributed by atoms with Gasteiger partial charge in [0.2, 0.25) is 17.7 Å². The van der Waals surface area contributed by atoms with Gasteiger partial charge in [-0.15, -0.1) is 32.9 Å². The van der Waals surface area contributed by atoms with E-state index in [0.717, 1.165) is 54.9 Å². The highest BCUT2D eigenvalue weighted by Crippen LogP contribution is 2.40. The second kappa shape index (κ2) is 24.7. The molecule has 18 nitrogen and oxygen atoms in total. The van der Waals surface area contributed by atoms with Crippen molar-refractivity contribution in [3.63, 3.8) is 0 Å². The number of aromatic nitrogens is 5. The molecule has 21 heteroatoms. The second-order valence-electron chi connectivity index (χ2n) is 18.9. The Balaban J connectivity index is 0.770. The highest BCUT2D eigenvalue weighted by Gasteiger charge is 2.43. The van der Waals surface area contributed by atoms with E-state index < -0.39 is 30.1 Å². The molecule has 0 saturated carbocycles. The monoisotopic (exact) mass is 1070 g/mol. The van der Waals surface area contributed by atoms with Gasteiger partial charge in [0.25, 0.3) is 0 Å². The van der Waals surface area contributed by atoms with Gasteiger partial charge in [-0.3, -0.25) is 23.9 Å². The smallest absolute Gasteiger partial charge is 0.243 e. The third-order valence-corrected chi connectivity index (χ3v) is 15.6. The first-order chi connectivity index (χ1) is 35.6. The number of thiazole rings is 1. The van der Waals surface area contributed by atoms with E-state index in [1.54, 1.807) is 29.8 Å². The molecule has 2 aliphatic rings. The number of carbonyl (C=O) groups excluding carboxylic acids is 3. The van der Waals surface area contributed by atoms with Gasteiger partial charge in [-0.2, -0.15) is 0 Å². The van der Waals surface area contributed by atoms with Crippen molar-refractivity contribution in [1.82, 2.24) is 40.4 Å². The van der Waals surface area contributed by atoms with Crippen molar-refractivity contribution in [1.29, 1.82) is 0 Å². The lowest BCUT2D eigenvalue weighted by molar-refractivity contribution is -0.141. The number of aliphatic hydroxyl groups excluding tert-OH is 1. The maximum atomic E-state index is 14.0. The van der Waals surface area contributed by atoms with Crippen LogP contribution in [0.4, 0.5) is 0 Å². The van der Waals surface area contributed by atoms with Crippen molar-refractivity contribution >= 4 is 57.7 Å². The van der Waals surface area contributed by atoms with Crippen molar-refractivity contribution in [2.24, 2.45) is 10.9 Å². The van der Waals surface area contributed by atoms with Gasteiger partial charge in [-0.1, -0.05) is 54.9 Å². The molecule has 1 saturated heterocycles. The molecule has 1 fully saturated rings. The van der Waals surface area contributed by atoms with E-state index in [0.29, 0.717) is 67.6 Å². The third kappa shape index (κ3) is 12.6. The van der Waals surface area contributed by atoms with Crippen molar-refractivity contribution in [2.75, 3.05) is 59.3 Å². The number of nitrogens with one attached hydrogen (secondary N) is 2. The van der Waals surface area contributed by atoms with Gasteiger partial charge in [0.1, 0.15) is 46.9 Å². The lowest BCUT2D eigenvalue weighted by atomic mass is 9.91. The van der Waals surface area contributed by atoms with Crippen molar-refractivity contribution in [3.8, 4) is 21.2 Å². The standard InChI is InChI=1S/C53H64ClN9O9S2/c1-29(2)46(44-23-30(3)61-72-44)52(67)62-27-39(64)25-42(62)51(66)57-32(5)40-14-11-37(49-33(6)56-28-73-49)24-43(40)71-22-21-70-20-19-69-18-17-68-16-15-55-45(65)26-41-50-60-59-35(8)63(50)53-47(31(4)34(7)74-53)48(58-41)36-9-12-38(54)13-10-36/h9-14,23-24,28-29,32,39,41-42,46,64H,15-22,25-27H2,1-8H3,(H,55,65)(H,57,66)/t32-,39+,41-,42-,46+/m0/s1. The van der Waals surface area contributed by atoms with E-state index in [1.165, 1.54) is 21.1 Å². The summed E-state index contributed by atoms with van der Waals surface area (Å²) in [5.41, 5.74) is 8.84. The van der Waals surface area contributed by atoms with Crippen LogP contribution >= 0.6 is 34.3 Å². The molecule has 3 amide bonds. The summed E-state index contributed by atoms with van der Waals surface area (Å²) in [5.74, 6) is 0.704. The number of hydrogen-bond acceptors (Lipinski definition) is 16. The normalized spacial score (nSPS) is 17.1. The zero-order chi connectivity index (χ0) is 52.6. The second-order valence-corrected chi connectivity index (χ2v) is 21.4. The van der Waals surface area contributed by atoms with Gasteiger partial charge >= 0.3 is 0 Å². The Morgan fingerprint density at radius 3 is 2.28 bits per heavy atom. The molecule has 3 N–H and O–H groups in total. The number of β-amino-alcohol motifs (C(OH)–C–C–N with tert-alkyl or cyclic N) is 1. The zero-order valence-electron chi connectivity index (χ0n) is 43.0. The number of carbonyl (C=O) groups is 3. The maximum Gasteiger partial charge on any atom is 0.243 e. The van der Waals surface area contributed by atoms with Crippen LogP contribution in [0, 0.1) is 40.5 Å². The number of aryl methyl sites for hydroxylation is 4. The minimum Gasteiger partial charge on any atom is -0.491 e. The Morgan fingerprint density at radius 1 is 0.905 bits per heavy atom. The van der Waals surface area contributed by atoms with Gasteiger partial charge < -0.3 is 44.1 Å². The molecule has 0 bridgehead atoms. The zero-order valence-corrected chi connectivity index (χ0v) is 45.4. The minimum atomic E-state index is -0.876. The van der Waals surface area contributed by atoms with E-state index in [-0.39, 0.29) is 56.2 Å². The maximum absolute atomic E-state index is 14.0. The quantitative estimate of drug-likeness (QED) is 0.0524. The van der Waals surface area contributed by atoms with Crippen molar-refractivity contribution in [3.05, 3.63) is 115 Å². The average molecular weight is 1070 g/mol. The predicted molar refractivity (Wildman–Crippen MR) is 283 cm³/mol. The predicted octanol–water partition coefficient (Wildman–Crippen LogP) is 7.74. The number of nitrogens with zero attached hydrogens (tertiary/aromatic N) is 7. The summed E-state index contributed by atoms with van der Waals surface area (Å²) in [6.45, 7) is 18.0. The number of halogens is 1. The number of hydrogen-bond donors (Lipinski definition) is 3. The summed E-state index contributed by atoms with van der Waals surface area (Å²) in [5, 5.41) is 31.2. The molecule has 74 heavy (non-hydrogen) atoms. The van der Waals surface area contributed by atoms with Crippen LogP contribution in [-0.4, -0.2) is 130 Å². The molecule has 394 valence electrons. The van der Waals surface area contributed by atoms with E-state index in [4.69, 9.17) is 40.1 Å². The fourth-order valence-corrected chi connectivity index (χ4v) is 11.4. The van der Waals surface area contributed by atoms with Crippen molar-refractivity contribution < 1.29 is 43.0 Å². The molecular formula is C53H64ClN9O9S2. The summed E-state index contributed by atoms with van der Waals surface area (Å²) in [7, 11) is 0. The van der Waals surface area contributed by atoms with Crippen LogP contribution < -0.4 is 15.4 Å². The van der Waals surface area contributed by atoms with Crippen LogP contribution in [0.1, 0.15) is 108 Å². The van der Waals surface area contributed by atoms with Gasteiger partial charge in [-0.25, -0.2) is 4.98 Å².